The Bertz CT molecular complexity index is 1320. The fourth-order valence-electron chi connectivity index (χ4n) is 4.56. The van der Waals surface area contributed by atoms with E-state index in [0.29, 0.717) is 10.2 Å². The molecule has 0 aliphatic carbocycles. The number of carbonyl (C=O) groups is 2. The second-order valence-electron chi connectivity index (χ2n) is 8.77. The van der Waals surface area contributed by atoms with Gasteiger partial charge in [0, 0.05) is 30.2 Å². The molecule has 35 heavy (non-hydrogen) atoms. The SMILES string of the molecule is Cc1cc(/C=C2/C(=N)N3N=C(CC(=O)N4CCCCC4)SC3=NC2=O)c(C)n1-c1ccc(F)cc1. The number of carbonyl (C=O) groups excluding carboxylic acids is 2. The second-order valence-corrected chi connectivity index (χ2v) is 9.81. The number of halogens is 1. The molecule has 1 saturated heterocycles. The molecule has 0 saturated carbocycles. The number of rotatable bonds is 4. The largest absolute Gasteiger partial charge is 0.342 e. The third-order valence-corrected chi connectivity index (χ3v) is 7.27. The smallest absolute Gasteiger partial charge is 0.283 e. The van der Waals surface area contributed by atoms with E-state index in [0.717, 1.165) is 55.0 Å². The van der Waals surface area contributed by atoms with Crippen LogP contribution in [0, 0.1) is 25.1 Å². The lowest BCUT2D eigenvalue weighted by molar-refractivity contribution is -0.130. The minimum absolute atomic E-state index is 0.0123. The van der Waals surface area contributed by atoms with Gasteiger partial charge in [0.25, 0.3) is 5.91 Å². The Labute approximate surface area is 206 Å². The molecule has 1 aromatic carbocycles. The van der Waals surface area contributed by atoms with Crippen LogP contribution >= 0.6 is 11.8 Å². The molecule has 3 aliphatic rings. The Hall–Kier alpha value is -3.53. The summed E-state index contributed by atoms with van der Waals surface area (Å²) < 4.78 is 15.3. The van der Waals surface area contributed by atoms with Crippen LogP contribution in [0.2, 0.25) is 0 Å². The molecule has 0 radical (unpaired) electrons. The summed E-state index contributed by atoms with van der Waals surface area (Å²) in [5.41, 5.74) is 3.45. The summed E-state index contributed by atoms with van der Waals surface area (Å²) in [7, 11) is 0. The molecular weight excluding hydrogens is 467 g/mol. The molecule has 2 aromatic rings. The summed E-state index contributed by atoms with van der Waals surface area (Å²) in [6, 6.07) is 8.11. The molecule has 1 N–H and O–H groups in total. The molecule has 0 atom stereocenters. The zero-order chi connectivity index (χ0) is 24.7. The maximum Gasteiger partial charge on any atom is 0.283 e. The number of hydrogen-bond donors (Lipinski definition) is 1. The van der Waals surface area contributed by atoms with E-state index in [1.54, 1.807) is 18.2 Å². The number of benzene rings is 1. The number of thioether (sulfide) groups is 1. The van der Waals surface area contributed by atoms with E-state index in [1.165, 1.54) is 28.9 Å². The highest BCUT2D eigenvalue weighted by atomic mass is 32.2. The number of nitrogens with one attached hydrogen (secondary N) is 1. The molecule has 180 valence electrons. The van der Waals surface area contributed by atoms with Crippen molar-refractivity contribution < 1.29 is 14.0 Å². The number of nitrogens with zero attached hydrogens (tertiary/aromatic N) is 5. The van der Waals surface area contributed by atoms with Crippen molar-refractivity contribution in [2.45, 2.75) is 39.5 Å². The van der Waals surface area contributed by atoms with E-state index >= 15 is 0 Å². The van der Waals surface area contributed by atoms with Gasteiger partial charge in [0.2, 0.25) is 11.1 Å². The van der Waals surface area contributed by atoms with Crippen LogP contribution in [-0.4, -0.2) is 55.4 Å². The summed E-state index contributed by atoms with van der Waals surface area (Å²) in [4.78, 5) is 31.5. The number of piperidine rings is 1. The topological polar surface area (TPSA) is 94.1 Å². The van der Waals surface area contributed by atoms with Gasteiger partial charge in [-0.05, 0) is 86.8 Å². The van der Waals surface area contributed by atoms with Crippen molar-refractivity contribution in [1.29, 1.82) is 5.41 Å². The molecule has 3 aliphatic heterocycles. The van der Waals surface area contributed by atoms with Crippen molar-refractivity contribution >= 4 is 45.7 Å². The number of amidine groups is 2. The predicted octanol–water partition coefficient (Wildman–Crippen LogP) is 4.26. The lowest BCUT2D eigenvalue weighted by Crippen LogP contribution is -2.36. The Morgan fingerprint density at radius 3 is 2.60 bits per heavy atom. The van der Waals surface area contributed by atoms with Crippen molar-refractivity contribution in [2.75, 3.05) is 13.1 Å². The van der Waals surface area contributed by atoms with Crippen molar-refractivity contribution in [1.82, 2.24) is 14.5 Å². The highest BCUT2D eigenvalue weighted by molar-refractivity contribution is 8.27. The first-order valence-electron chi connectivity index (χ1n) is 11.5. The van der Waals surface area contributed by atoms with Gasteiger partial charge in [-0.2, -0.15) is 15.1 Å². The van der Waals surface area contributed by atoms with Crippen LogP contribution in [0.4, 0.5) is 4.39 Å². The lowest BCUT2D eigenvalue weighted by Gasteiger charge is -2.26. The van der Waals surface area contributed by atoms with Crippen LogP contribution in [0.1, 0.15) is 42.6 Å². The van der Waals surface area contributed by atoms with E-state index in [2.05, 4.69) is 10.1 Å². The van der Waals surface area contributed by atoms with Gasteiger partial charge in [0.05, 0.1) is 12.0 Å². The number of aliphatic imine (C=N–C) groups is 1. The number of hydrogen-bond acceptors (Lipinski definition) is 5. The summed E-state index contributed by atoms with van der Waals surface area (Å²) >= 11 is 1.17. The van der Waals surface area contributed by atoms with Crippen molar-refractivity contribution in [3.05, 3.63) is 58.7 Å². The summed E-state index contributed by atoms with van der Waals surface area (Å²) in [5.74, 6) is -0.883. The fraction of sp³-hybridized carbons (Fsp3) is 0.320. The van der Waals surface area contributed by atoms with Crippen LogP contribution in [0.5, 0.6) is 0 Å². The zero-order valence-electron chi connectivity index (χ0n) is 19.5. The van der Waals surface area contributed by atoms with E-state index in [4.69, 9.17) is 5.41 Å². The first kappa shape index (κ1) is 23.2. The number of aryl methyl sites for hydroxylation is 1. The maximum atomic E-state index is 13.4. The molecule has 0 bridgehead atoms. The standard InChI is InChI=1S/C25H25FN6O2S/c1-15-12-17(16(2)31(15)19-8-6-18(26)7-9-19)13-20-23(27)32-25(28-24(20)34)35-21(29-32)14-22(33)30-10-4-3-5-11-30/h6-9,12-13,27H,3-5,10-11,14H2,1-2H3/b20-13-,27-23?. The highest BCUT2D eigenvalue weighted by Crippen LogP contribution is 2.31. The number of hydrazone groups is 1. The van der Waals surface area contributed by atoms with Gasteiger partial charge in [-0.1, -0.05) is 0 Å². The Kier molecular flexibility index (Phi) is 6.14. The second kappa shape index (κ2) is 9.26. The number of aromatic nitrogens is 1. The van der Waals surface area contributed by atoms with Crippen LogP contribution < -0.4 is 0 Å². The summed E-state index contributed by atoms with van der Waals surface area (Å²) in [6.07, 6.45) is 4.95. The van der Waals surface area contributed by atoms with Gasteiger partial charge in [-0.15, -0.1) is 0 Å². The van der Waals surface area contributed by atoms with Crippen LogP contribution in [-0.2, 0) is 9.59 Å². The molecule has 5 rings (SSSR count). The van der Waals surface area contributed by atoms with Crippen molar-refractivity contribution in [3.8, 4) is 5.69 Å². The molecule has 1 fully saturated rings. The van der Waals surface area contributed by atoms with Crippen molar-refractivity contribution in [3.63, 3.8) is 0 Å². The average molecular weight is 493 g/mol. The molecule has 0 unspecified atom stereocenters. The first-order valence-corrected chi connectivity index (χ1v) is 12.4. The number of likely N-dealkylation sites (tertiary alicyclic amines) is 1. The average Bonchev–Trinajstić information content (AvgIpc) is 3.37. The first-order chi connectivity index (χ1) is 16.8. The summed E-state index contributed by atoms with van der Waals surface area (Å²) in [6.45, 7) is 5.36. The van der Waals surface area contributed by atoms with Crippen LogP contribution in [0.3, 0.4) is 0 Å². The monoisotopic (exact) mass is 492 g/mol. The van der Waals surface area contributed by atoms with E-state index in [9.17, 15) is 14.0 Å². The predicted molar refractivity (Wildman–Crippen MR) is 135 cm³/mol. The quantitative estimate of drug-likeness (QED) is 0.646. The van der Waals surface area contributed by atoms with Gasteiger partial charge in [-0.25, -0.2) is 4.39 Å². The van der Waals surface area contributed by atoms with Gasteiger partial charge >= 0.3 is 0 Å². The number of amides is 2. The lowest BCUT2D eigenvalue weighted by atomic mass is 10.1. The fourth-order valence-corrected chi connectivity index (χ4v) is 5.44. The molecule has 4 heterocycles. The van der Waals surface area contributed by atoms with Crippen LogP contribution in [0.15, 0.2) is 46.0 Å². The van der Waals surface area contributed by atoms with E-state index in [1.807, 2.05) is 29.4 Å². The molecular formula is C25H25FN6O2S. The zero-order valence-corrected chi connectivity index (χ0v) is 20.4. The van der Waals surface area contributed by atoms with E-state index < -0.39 is 5.91 Å². The van der Waals surface area contributed by atoms with Gasteiger partial charge in [-0.3, -0.25) is 15.0 Å². The Balaban J connectivity index is 1.39. The minimum Gasteiger partial charge on any atom is -0.342 e. The molecule has 2 amide bonds. The Morgan fingerprint density at radius 1 is 1.17 bits per heavy atom. The minimum atomic E-state index is -0.515. The number of fused-ring (bicyclic) bond motifs is 1. The Morgan fingerprint density at radius 2 is 1.89 bits per heavy atom. The third kappa shape index (κ3) is 4.45. The molecule has 0 spiro atoms. The highest BCUT2D eigenvalue weighted by Gasteiger charge is 2.36. The molecule has 8 nitrogen and oxygen atoms in total. The molecule has 10 heteroatoms. The molecule has 1 aromatic heterocycles. The van der Waals surface area contributed by atoms with Gasteiger partial charge < -0.3 is 9.47 Å². The summed E-state index contributed by atoms with van der Waals surface area (Å²) in [5, 5.41) is 15.2. The van der Waals surface area contributed by atoms with Gasteiger partial charge in [0.1, 0.15) is 10.9 Å². The van der Waals surface area contributed by atoms with Crippen molar-refractivity contribution in [2.24, 2.45) is 10.1 Å². The van der Waals surface area contributed by atoms with Gasteiger partial charge in [0.15, 0.2) is 5.84 Å². The van der Waals surface area contributed by atoms with E-state index in [-0.39, 0.29) is 29.6 Å². The third-order valence-electron chi connectivity index (χ3n) is 6.36. The maximum absolute atomic E-state index is 13.4. The normalized spacial score (nSPS) is 19.2. The van der Waals surface area contributed by atoms with Crippen LogP contribution in [0.25, 0.3) is 11.8 Å².